The average Bonchev–Trinajstić information content (AvgIpc) is 3.17. The second-order valence-electron chi connectivity index (χ2n) is 5.28. The highest BCUT2D eigenvalue weighted by atomic mass is 32.1. The molecule has 3 aromatic rings. The third-order valence-electron chi connectivity index (χ3n) is 3.68. The number of thiazole rings is 1. The van der Waals surface area contributed by atoms with E-state index >= 15 is 0 Å². The number of fused-ring (bicyclic) bond motifs is 1. The molecule has 0 atom stereocenters. The topological polar surface area (TPSA) is 43.2 Å². The van der Waals surface area contributed by atoms with Crippen molar-refractivity contribution in [2.24, 2.45) is 7.05 Å². The van der Waals surface area contributed by atoms with Gasteiger partial charge in [0, 0.05) is 24.2 Å². The molecule has 0 bridgehead atoms. The molecule has 0 unspecified atom stereocenters. The van der Waals surface area contributed by atoms with Crippen LogP contribution in [0.2, 0.25) is 0 Å². The molecule has 1 aliphatic heterocycles. The summed E-state index contributed by atoms with van der Waals surface area (Å²) in [6.45, 7) is 2.41. The van der Waals surface area contributed by atoms with E-state index in [9.17, 15) is 0 Å². The zero-order chi connectivity index (χ0) is 14.9. The Morgan fingerprint density at radius 2 is 2.23 bits per heavy atom. The largest absolute Gasteiger partial charge is 0.490 e. The van der Waals surface area contributed by atoms with Crippen LogP contribution in [-0.4, -0.2) is 27.9 Å². The number of rotatable bonds is 3. The molecule has 3 heterocycles. The molecule has 5 nitrogen and oxygen atoms in total. The van der Waals surface area contributed by atoms with E-state index in [2.05, 4.69) is 21.4 Å². The van der Waals surface area contributed by atoms with Gasteiger partial charge in [-0.1, -0.05) is 12.1 Å². The van der Waals surface area contributed by atoms with Crippen LogP contribution >= 0.6 is 11.3 Å². The molecule has 0 spiro atoms. The average molecular weight is 312 g/mol. The summed E-state index contributed by atoms with van der Waals surface area (Å²) in [6, 6.07) is 8.17. The highest BCUT2D eigenvalue weighted by Crippen LogP contribution is 2.32. The lowest BCUT2D eigenvalue weighted by molar-refractivity contribution is 0.306. The minimum atomic E-state index is 0.719. The van der Waals surface area contributed by atoms with Crippen molar-refractivity contribution in [3.63, 3.8) is 0 Å². The van der Waals surface area contributed by atoms with Crippen molar-refractivity contribution in [3.05, 3.63) is 47.7 Å². The molecule has 0 aliphatic carbocycles. The molecular formula is C16H16N4OS. The number of aromatic nitrogens is 3. The van der Waals surface area contributed by atoms with Crippen LogP contribution < -0.4 is 9.64 Å². The summed E-state index contributed by atoms with van der Waals surface area (Å²) in [5.41, 5.74) is 3.30. The number of benzene rings is 1. The SMILES string of the molecule is Cn1cc(-c2nc(CN3CCOc4ccccc43)cs2)cn1. The van der Waals surface area contributed by atoms with Gasteiger partial charge >= 0.3 is 0 Å². The van der Waals surface area contributed by atoms with E-state index in [0.717, 1.165) is 47.4 Å². The molecule has 112 valence electrons. The second kappa shape index (κ2) is 5.46. The lowest BCUT2D eigenvalue weighted by atomic mass is 10.2. The molecule has 1 aromatic carbocycles. The maximum Gasteiger partial charge on any atom is 0.142 e. The maximum atomic E-state index is 5.70. The molecular weight excluding hydrogens is 296 g/mol. The van der Waals surface area contributed by atoms with E-state index < -0.39 is 0 Å². The summed E-state index contributed by atoms with van der Waals surface area (Å²) in [6.07, 6.45) is 3.85. The number of para-hydroxylation sites is 2. The smallest absolute Gasteiger partial charge is 0.142 e. The highest BCUT2D eigenvalue weighted by Gasteiger charge is 2.18. The molecule has 0 saturated carbocycles. The fourth-order valence-corrected chi connectivity index (χ4v) is 3.42. The van der Waals surface area contributed by atoms with Crippen LogP contribution in [0.3, 0.4) is 0 Å². The molecule has 22 heavy (non-hydrogen) atoms. The number of hydrogen-bond donors (Lipinski definition) is 0. The fraction of sp³-hybridized carbons (Fsp3) is 0.250. The number of nitrogens with zero attached hydrogens (tertiary/aromatic N) is 4. The highest BCUT2D eigenvalue weighted by molar-refractivity contribution is 7.13. The Morgan fingerprint density at radius 3 is 3.09 bits per heavy atom. The Bertz CT molecular complexity index is 795. The Labute approximate surface area is 132 Å². The van der Waals surface area contributed by atoms with Gasteiger partial charge in [-0.15, -0.1) is 11.3 Å². The summed E-state index contributed by atoms with van der Waals surface area (Å²) in [5, 5.41) is 7.35. The van der Waals surface area contributed by atoms with Gasteiger partial charge in [-0.05, 0) is 12.1 Å². The first-order valence-electron chi connectivity index (χ1n) is 7.20. The Balaban J connectivity index is 1.56. The lowest BCUT2D eigenvalue weighted by Gasteiger charge is -2.30. The first-order valence-corrected chi connectivity index (χ1v) is 8.08. The van der Waals surface area contributed by atoms with E-state index in [-0.39, 0.29) is 0 Å². The summed E-state index contributed by atoms with van der Waals surface area (Å²) in [7, 11) is 1.92. The van der Waals surface area contributed by atoms with E-state index in [4.69, 9.17) is 9.72 Å². The van der Waals surface area contributed by atoms with Crippen molar-refractivity contribution in [1.82, 2.24) is 14.8 Å². The van der Waals surface area contributed by atoms with Crippen molar-refractivity contribution in [2.45, 2.75) is 6.54 Å². The van der Waals surface area contributed by atoms with Gasteiger partial charge in [0.05, 0.1) is 30.7 Å². The van der Waals surface area contributed by atoms with Gasteiger partial charge in [0.1, 0.15) is 17.4 Å². The van der Waals surface area contributed by atoms with Crippen LogP contribution in [0.4, 0.5) is 5.69 Å². The summed E-state index contributed by atoms with van der Waals surface area (Å²) in [4.78, 5) is 7.06. The number of aryl methyl sites for hydroxylation is 1. The molecule has 0 saturated heterocycles. The van der Waals surface area contributed by atoms with Gasteiger partial charge in [0.15, 0.2) is 0 Å². The van der Waals surface area contributed by atoms with E-state index in [1.54, 1.807) is 16.0 Å². The van der Waals surface area contributed by atoms with Gasteiger partial charge < -0.3 is 9.64 Å². The van der Waals surface area contributed by atoms with Crippen molar-refractivity contribution >= 4 is 17.0 Å². The molecule has 0 amide bonds. The lowest BCUT2D eigenvalue weighted by Crippen LogP contribution is -2.32. The molecule has 0 N–H and O–H groups in total. The van der Waals surface area contributed by atoms with Crippen molar-refractivity contribution in [1.29, 1.82) is 0 Å². The summed E-state index contributed by atoms with van der Waals surface area (Å²) in [5.74, 6) is 0.955. The van der Waals surface area contributed by atoms with E-state index in [1.807, 2.05) is 37.6 Å². The Hall–Kier alpha value is -2.34. The van der Waals surface area contributed by atoms with Crippen LogP contribution in [0.25, 0.3) is 10.6 Å². The third kappa shape index (κ3) is 2.46. The Kier molecular flexibility index (Phi) is 3.31. The zero-order valence-corrected chi connectivity index (χ0v) is 13.1. The van der Waals surface area contributed by atoms with Crippen LogP contribution in [0.15, 0.2) is 42.0 Å². The van der Waals surface area contributed by atoms with Crippen molar-refractivity contribution in [3.8, 4) is 16.3 Å². The first kappa shape index (κ1) is 13.3. The summed E-state index contributed by atoms with van der Waals surface area (Å²) >= 11 is 1.66. The number of hydrogen-bond acceptors (Lipinski definition) is 5. The predicted octanol–water partition coefficient (Wildman–Crippen LogP) is 2.94. The van der Waals surface area contributed by atoms with Gasteiger partial charge in [-0.3, -0.25) is 4.68 Å². The van der Waals surface area contributed by atoms with Gasteiger partial charge in [-0.25, -0.2) is 4.98 Å². The minimum absolute atomic E-state index is 0.719. The van der Waals surface area contributed by atoms with Gasteiger partial charge in [0.2, 0.25) is 0 Å². The first-order chi connectivity index (χ1) is 10.8. The normalized spacial score (nSPS) is 13.8. The fourth-order valence-electron chi connectivity index (χ4n) is 2.63. The third-order valence-corrected chi connectivity index (χ3v) is 4.62. The van der Waals surface area contributed by atoms with Crippen LogP contribution in [0, 0.1) is 0 Å². The van der Waals surface area contributed by atoms with Crippen LogP contribution in [0.5, 0.6) is 5.75 Å². The van der Waals surface area contributed by atoms with Gasteiger partial charge in [0.25, 0.3) is 0 Å². The predicted molar refractivity (Wildman–Crippen MR) is 87.3 cm³/mol. The molecule has 6 heteroatoms. The quantitative estimate of drug-likeness (QED) is 0.746. The molecule has 2 aromatic heterocycles. The van der Waals surface area contributed by atoms with E-state index in [0.29, 0.717) is 0 Å². The maximum absolute atomic E-state index is 5.70. The van der Waals surface area contributed by atoms with Gasteiger partial charge in [-0.2, -0.15) is 5.10 Å². The molecule has 0 radical (unpaired) electrons. The number of anilines is 1. The molecule has 4 rings (SSSR count). The molecule has 0 fully saturated rings. The second-order valence-corrected chi connectivity index (χ2v) is 6.14. The van der Waals surface area contributed by atoms with Crippen molar-refractivity contribution in [2.75, 3.05) is 18.1 Å². The molecule has 1 aliphatic rings. The minimum Gasteiger partial charge on any atom is -0.490 e. The zero-order valence-electron chi connectivity index (χ0n) is 12.3. The Morgan fingerprint density at radius 1 is 1.32 bits per heavy atom. The monoisotopic (exact) mass is 312 g/mol. The summed E-state index contributed by atoms with van der Waals surface area (Å²) < 4.78 is 7.50. The standard InChI is InChI=1S/C16H16N4OS/c1-19-9-12(8-17-19)16-18-13(11-22-16)10-20-6-7-21-15-5-3-2-4-14(15)20/h2-5,8-9,11H,6-7,10H2,1H3. The van der Waals surface area contributed by atoms with E-state index in [1.165, 1.54) is 0 Å². The van der Waals surface area contributed by atoms with Crippen LogP contribution in [-0.2, 0) is 13.6 Å². The number of ether oxygens (including phenoxy) is 1. The van der Waals surface area contributed by atoms with Crippen molar-refractivity contribution < 1.29 is 4.74 Å². The van der Waals surface area contributed by atoms with Crippen LogP contribution in [0.1, 0.15) is 5.69 Å².